The lowest BCUT2D eigenvalue weighted by molar-refractivity contribution is -0.137. The Labute approximate surface area is 219 Å². The minimum atomic E-state index is -4.55. The number of anilines is 3. The molecule has 196 valence electrons. The highest BCUT2D eigenvalue weighted by Crippen LogP contribution is 2.36. The molecule has 1 aliphatic rings. The second-order valence-electron chi connectivity index (χ2n) is 8.57. The average molecular weight is 542 g/mol. The molecule has 0 aliphatic carbocycles. The topological polar surface area (TPSA) is 96.5 Å². The highest BCUT2D eigenvalue weighted by molar-refractivity contribution is 7.22. The van der Waals surface area contributed by atoms with Crippen molar-refractivity contribution >= 4 is 50.0 Å². The summed E-state index contributed by atoms with van der Waals surface area (Å²) < 4.78 is 45.7. The fourth-order valence-corrected chi connectivity index (χ4v) is 5.08. The number of pyridine rings is 1. The van der Waals surface area contributed by atoms with Gasteiger partial charge in [0.05, 0.1) is 34.6 Å². The number of aromatic nitrogens is 2. The van der Waals surface area contributed by atoms with E-state index in [0.717, 1.165) is 18.0 Å². The molecule has 12 heteroatoms. The van der Waals surface area contributed by atoms with Crippen molar-refractivity contribution in [3.63, 3.8) is 0 Å². The van der Waals surface area contributed by atoms with Crippen LogP contribution >= 0.6 is 11.3 Å². The number of ether oxygens (including phenoxy) is 1. The zero-order valence-corrected chi connectivity index (χ0v) is 20.9. The first-order chi connectivity index (χ1) is 18.2. The summed E-state index contributed by atoms with van der Waals surface area (Å²) in [5, 5.41) is 5.51. The van der Waals surface area contributed by atoms with Gasteiger partial charge in [0, 0.05) is 37.5 Å². The normalized spacial score (nSPS) is 13.9. The fraction of sp³-hybridized carbons (Fsp3) is 0.231. The summed E-state index contributed by atoms with van der Waals surface area (Å²) in [4.78, 5) is 36.3. The summed E-state index contributed by atoms with van der Waals surface area (Å²) in [7, 11) is 0. The summed E-state index contributed by atoms with van der Waals surface area (Å²) in [6.07, 6.45) is -2.91. The maximum Gasteiger partial charge on any atom is 0.416 e. The average Bonchev–Trinajstić information content (AvgIpc) is 3.30. The smallest absolute Gasteiger partial charge is 0.378 e. The molecule has 2 N–H and O–H groups in total. The van der Waals surface area contributed by atoms with Crippen molar-refractivity contribution in [2.45, 2.75) is 13.1 Å². The molecule has 3 heterocycles. The molecule has 0 unspecified atom stereocenters. The Kier molecular flexibility index (Phi) is 7.00. The monoisotopic (exact) mass is 541 g/mol. The summed E-state index contributed by atoms with van der Waals surface area (Å²) >= 11 is 1.19. The van der Waals surface area contributed by atoms with Gasteiger partial charge in [-0.15, -0.1) is 0 Å². The van der Waals surface area contributed by atoms with Gasteiger partial charge in [0.15, 0.2) is 5.13 Å². The Bertz CT molecular complexity index is 1500. The molecule has 8 nitrogen and oxygen atoms in total. The predicted molar refractivity (Wildman–Crippen MR) is 140 cm³/mol. The van der Waals surface area contributed by atoms with Gasteiger partial charge in [-0.1, -0.05) is 23.5 Å². The number of carbonyl (C=O) groups excluding carboxylic acids is 2. The van der Waals surface area contributed by atoms with E-state index in [9.17, 15) is 22.8 Å². The van der Waals surface area contributed by atoms with Crippen molar-refractivity contribution in [2.24, 2.45) is 0 Å². The van der Waals surface area contributed by atoms with Gasteiger partial charge in [0.1, 0.15) is 5.82 Å². The number of halogens is 3. The zero-order valence-electron chi connectivity index (χ0n) is 20.1. The van der Waals surface area contributed by atoms with E-state index in [2.05, 4.69) is 25.5 Å². The number of benzene rings is 2. The summed E-state index contributed by atoms with van der Waals surface area (Å²) in [5.41, 5.74) is 0.727. The number of carbonyl (C=O) groups is 2. The van der Waals surface area contributed by atoms with Crippen LogP contribution in [0.5, 0.6) is 0 Å². The van der Waals surface area contributed by atoms with Crippen LogP contribution in [0.3, 0.4) is 0 Å². The van der Waals surface area contributed by atoms with Crippen LogP contribution in [0.15, 0.2) is 54.7 Å². The van der Waals surface area contributed by atoms with Crippen LogP contribution in [0.1, 0.15) is 22.8 Å². The molecule has 0 bridgehead atoms. The Hall–Kier alpha value is -4.03. The molecule has 4 aromatic rings. The van der Waals surface area contributed by atoms with Gasteiger partial charge in [0.25, 0.3) is 5.91 Å². The Morgan fingerprint density at radius 1 is 1.05 bits per heavy atom. The van der Waals surface area contributed by atoms with Crippen molar-refractivity contribution < 1.29 is 27.5 Å². The lowest BCUT2D eigenvalue weighted by atomic mass is 9.99. The summed E-state index contributed by atoms with van der Waals surface area (Å²) in [5.74, 6) is -0.182. The number of nitrogens with zero attached hydrogens (tertiary/aromatic N) is 3. The molecule has 2 aromatic heterocycles. The van der Waals surface area contributed by atoms with Gasteiger partial charge in [0.2, 0.25) is 5.91 Å². The number of morpholine rings is 1. The van der Waals surface area contributed by atoms with E-state index in [1.807, 2.05) is 12.1 Å². The SMILES string of the molecule is CC(=O)Nc1nc2c(C(=O)Nc3cccc(C(F)(F)F)c3)c(-c3ccc(N4CCOCC4)nc3)ccc2s1. The first-order valence-corrected chi connectivity index (χ1v) is 12.5. The second-order valence-corrected chi connectivity index (χ2v) is 9.60. The number of alkyl halides is 3. The molecule has 0 saturated carbocycles. The molecule has 0 atom stereocenters. The minimum absolute atomic E-state index is 0.00844. The molecule has 38 heavy (non-hydrogen) atoms. The first kappa shape index (κ1) is 25.6. The maximum absolute atomic E-state index is 13.6. The van der Waals surface area contributed by atoms with Crippen LogP contribution in [0, 0.1) is 0 Å². The van der Waals surface area contributed by atoms with E-state index >= 15 is 0 Å². The number of fused-ring (bicyclic) bond motifs is 1. The molecule has 0 radical (unpaired) electrons. The largest absolute Gasteiger partial charge is 0.416 e. The van der Waals surface area contributed by atoms with Gasteiger partial charge >= 0.3 is 6.18 Å². The summed E-state index contributed by atoms with van der Waals surface area (Å²) in [6.45, 7) is 4.00. The van der Waals surface area contributed by atoms with Crippen LogP contribution in [-0.4, -0.2) is 48.1 Å². The Morgan fingerprint density at radius 2 is 1.84 bits per heavy atom. The molecule has 1 fully saturated rings. The van der Waals surface area contributed by atoms with Gasteiger partial charge in [-0.05, 0) is 42.0 Å². The Balaban J connectivity index is 1.55. The standard InChI is InChI=1S/C26H22F3N5O3S/c1-15(35)31-25-33-23-20(38-25)7-6-19(16-5-8-21(30-14-16)34-9-11-37-12-10-34)22(23)24(36)32-18-4-2-3-17(13-18)26(27,28)29/h2-8,13-14H,9-12H2,1H3,(H,32,36)(H,31,33,35). The molecule has 2 aromatic carbocycles. The van der Waals surface area contributed by atoms with Crippen molar-refractivity contribution in [1.82, 2.24) is 9.97 Å². The van der Waals surface area contributed by atoms with E-state index in [0.29, 0.717) is 52.8 Å². The fourth-order valence-electron chi connectivity index (χ4n) is 4.16. The van der Waals surface area contributed by atoms with E-state index in [4.69, 9.17) is 4.74 Å². The molecule has 5 rings (SSSR count). The maximum atomic E-state index is 13.6. The van der Waals surface area contributed by atoms with Crippen molar-refractivity contribution in [3.8, 4) is 11.1 Å². The van der Waals surface area contributed by atoms with E-state index < -0.39 is 17.6 Å². The lowest BCUT2D eigenvalue weighted by Crippen LogP contribution is -2.36. The highest BCUT2D eigenvalue weighted by Gasteiger charge is 2.31. The number of rotatable bonds is 5. The van der Waals surface area contributed by atoms with Crippen molar-refractivity contribution in [2.75, 3.05) is 41.8 Å². The van der Waals surface area contributed by atoms with Gasteiger partial charge in [-0.3, -0.25) is 9.59 Å². The van der Waals surface area contributed by atoms with E-state index in [-0.39, 0.29) is 17.2 Å². The third-order valence-corrected chi connectivity index (χ3v) is 6.85. The zero-order chi connectivity index (χ0) is 26.9. The lowest BCUT2D eigenvalue weighted by Gasteiger charge is -2.27. The first-order valence-electron chi connectivity index (χ1n) is 11.7. The van der Waals surface area contributed by atoms with Crippen LogP contribution in [0.4, 0.5) is 29.8 Å². The Morgan fingerprint density at radius 3 is 2.53 bits per heavy atom. The molecule has 1 saturated heterocycles. The van der Waals surface area contributed by atoms with Gasteiger partial charge in [-0.25, -0.2) is 9.97 Å². The third kappa shape index (κ3) is 5.46. The van der Waals surface area contributed by atoms with E-state index in [1.54, 1.807) is 18.3 Å². The van der Waals surface area contributed by atoms with Crippen molar-refractivity contribution in [3.05, 3.63) is 65.9 Å². The van der Waals surface area contributed by atoms with E-state index in [1.165, 1.54) is 30.4 Å². The number of hydrogen-bond donors (Lipinski definition) is 2. The minimum Gasteiger partial charge on any atom is -0.378 e. The highest BCUT2D eigenvalue weighted by atomic mass is 32.1. The third-order valence-electron chi connectivity index (χ3n) is 5.91. The summed E-state index contributed by atoms with van der Waals surface area (Å²) in [6, 6.07) is 11.6. The number of hydrogen-bond acceptors (Lipinski definition) is 7. The van der Waals surface area contributed by atoms with Crippen LogP contribution < -0.4 is 15.5 Å². The molecular weight excluding hydrogens is 519 g/mol. The van der Waals surface area contributed by atoms with Crippen LogP contribution in [0.25, 0.3) is 21.3 Å². The number of amides is 2. The molecular formula is C26H22F3N5O3S. The van der Waals surface area contributed by atoms with Crippen LogP contribution in [0.2, 0.25) is 0 Å². The number of nitrogens with one attached hydrogen (secondary N) is 2. The molecule has 0 spiro atoms. The quantitative estimate of drug-likeness (QED) is 0.350. The van der Waals surface area contributed by atoms with Gasteiger partial charge < -0.3 is 20.3 Å². The predicted octanol–water partition coefficient (Wildman–Crippen LogP) is 5.42. The molecule has 1 aliphatic heterocycles. The van der Waals surface area contributed by atoms with Gasteiger partial charge in [-0.2, -0.15) is 13.2 Å². The second kappa shape index (κ2) is 10.4. The molecule has 2 amide bonds. The van der Waals surface area contributed by atoms with Crippen molar-refractivity contribution in [1.29, 1.82) is 0 Å². The number of thiazole rings is 1. The van der Waals surface area contributed by atoms with Crippen LogP contribution in [-0.2, 0) is 15.7 Å².